The molecule has 128 valence electrons. The summed E-state index contributed by atoms with van der Waals surface area (Å²) in [5.41, 5.74) is 2.49. The average Bonchev–Trinajstić information content (AvgIpc) is 2.46. The Hall–Kier alpha value is -2.29. The number of rotatable bonds is 2. The molecule has 0 aliphatic carbocycles. The molecular weight excluding hydrogens is 300 g/mol. The topological polar surface area (TPSA) is 35.5 Å². The molecule has 3 heteroatoms. The van der Waals surface area contributed by atoms with E-state index in [1.807, 2.05) is 24.3 Å². The first-order valence-electron chi connectivity index (χ1n) is 8.16. The van der Waals surface area contributed by atoms with E-state index in [2.05, 4.69) is 41.5 Å². The lowest BCUT2D eigenvalue weighted by Gasteiger charge is -2.19. The summed E-state index contributed by atoms with van der Waals surface area (Å²) in [7, 11) is 0. The maximum atomic E-state index is 11.9. The van der Waals surface area contributed by atoms with Crippen LogP contribution in [0.4, 0.5) is 4.79 Å². The first kappa shape index (κ1) is 18.1. The normalized spacial score (nSPS) is 11.9. The van der Waals surface area contributed by atoms with Crippen molar-refractivity contribution in [3.05, 3.63) is 59.7 Å². The quantitative estimate of drug-likeness (QED) is 0.512. The highest BCUT2D eigenvalue weighted by Gasteiger charge is 2.15. The van der Waals surface area contributed by atoms with Crippen LogP contribution in [0.25, 0.3) is 0 Å². The predicted molar refractivity (Wildman–Crippen MR) is 96.9 cm³/mol. The van der Waals surface area contributed by atoms with Crippen molar-refractivity contribution in [2.24, 2.45) is 0 Å². The molecule has 0 N–H and O–H groups in total. The largest absolute Gasteiger partial charge is 0.519 e. The van der Waals surface area contributed by atoms with E-state index in [-0.39, 0.29) is 10.8 Å². The van der Waals surface area contributed by atoms with Crippen molar-refractivity contribution in [1.82, 2.24) is 0 Å². The van der Waals surface area contributed by atoms with E-state index < -0.39 is 6.16 Å². The van der Waals surface area contributed by atoms with Gasteiger partial charge in [0, 0.05) is 0 Å². The molecular formula is C21H26O3. The molecule has 0 aromatic heterocycles. The molecule has 3 nitrogen and oxygen atoms in total. The molecule has 0 saturated heterocycles. The minimum atomic E-state index is -0.734. The summed E-state index contributed by atoms with van der Waals surface area (Å²) < 4.78 is 10.4. The third-order valence-electron chi connectivity index (χ3n) is 3.84. The Morgan fingerprint density at radius 1 is 0.625 bits per heavy atom. The summed E-state index contributed by atoms with van der Waals surface area (Å²) in [6, 6.07) is 15.0. The van der Waals surface area contributed by atoms with Crippen molar-refractivity contribution in [2.75, 3.05) is 0 Å². The van der Waals surface area contributed by atoms with Gasteiger partial charge in [-0.1, -0.05) is 65.8 Å². The van der Waals surface area contributed by atoms with Crippen molar-refractivity contribution in [2.45, 2.75) is 52.4 Å². The monoisotopic (exact) mass is 326 g/mol. The van der Waals surface area contributed by atoms with Gasteiger partial charge in [-0.25, -0.2) is 4.79 Å². The zero-order valence-corrected chi connectivity index (χ0v) is 15.3. The molecule has 0 heterocycles. The molecule has 0 saturated carbocycles. The van der Waals surface area contributed by atoms with Gasteiger partial charge in [-0.2, -0.15) is 0 Å². The zero-order chi connectivity index (χ0) is 18.0. The van der Waals surface area contributed by atoms with E-state index in [1.54, 1.807) is 24.3 Å². The molecule has 24 heavy (non-hydrogen) atoms. The second-order valence-electron chi connectivity index (χ2n) is 8.00. The molecule has 0 unspecified atom stereocenters. The average molecular weight is 326 g/mol. The maximum Gasteiger partial charge on any atom is 0.519 e. The Balaban J connectivity index is 1.98. The van der Waals surface area contributed by atoms with E-state index in [1.165, 1.54) is 11.1 Å². The number of carbonyl (C=O) groups is 1. The van der Waals surface area contributed by atoms with Crippen LogP contribution in [-0.4, -0.2) is 6.16 Å². The van der Waals surface area contributed by atoms with Gasteiger partial charge in [0.25, 0.3) is 0 Å². The molecule has 0 atom stereocenters. The molecule has 0 radical (unpaired) electrons. The van der Waals surface area contributed by atoms with Gasteiger partial charge < -0.3 is 9.47 Å². The molecule has 2 aromatic carbocycles. The van der Waals surface area contributed by atoms with Crippen LogP contribution in [0.5, 0.6) is 11.5 Å². The smallest absolute Gasteiger partial charge is 0.395 e. The number of hydrogen-bond acceptors (Lipinski definition) is 3. The number of carbonyl (C=O) groups excluding carboxylic acids is 1. The summed E-state index contributed by atoms with van der Waals surface area (Å²) in [5.74, 6) is 0.943. The van der Waals surface area contributed by atoms with Gasteiger partial charge in [-0.15, -0.1) is 0 Å². The molecule has 0 aliphatic heterocycles. The van der Waals surface area contributed by atoms with Gasteiger partial charge in [0.15, 0.2) is 0 Å². The van der Waals surface area contributed by atoms with E-state index in [0.717, 1.165) is 0 Å². The lowest BCUT2D eigenvalue weighted by atomic mass is 9.87. The Labute approximate surface area is 144 Å². The molecule has 0 spiro atoms. The van der Waals surface area contributed by atoms with E-state index in [4.69, 9.17) is 9.47 Å². The van der Waals surface area contributed by atoms with E-state index in [9.17, 15) is 4.79 Å². The Bertz CT molecular complexity index is 622. The van der Waals surface area contributed by atoms with Crippen molar-refractivity contribution in [3.8, 4) is 11.5 Å². The standard InChI is InChI=1S/C21H26O3/c1-20(2,3)15-7-11-17(12-8-15)23-19(22)24-18-13-9-16(10-14-18)21(4,5)6/h7-14H,1-6H3. The summed E-state index contributed by atoms with van der Waals surface area (Å²) >= 11 is 0. The SMILES string of the molecule is CC(C)(C)c1ccc(OC(=O)Oc2ccc(C(C)(C)C)cc2)cc1. The van der Waals surface area contributed by atoms with Crippen LogP contribution in [0.3, 0.4) is 0 Å². The summed E-state index contributed by atoms with van der Waals surface area (Å²) in [6.07, 6.45) is -0.734. The second-order valence-corrected chi connectivity index (χ2v) is 8.00. The van der Waals surface area contributed by atoms with Gasteiger partial charge in [0.05, 0.1) is 0 Å². The van der Waals surface area contributed by atoms with Crippen LogP contribution in [-0.2, 0) is 10.8 Å². The highest BCUT2D eigenvalue weighted by molar-refractivity contribution is 5.67. The van der Waals surface area contributed by atoms with Gasteiger partial charge in [0.2, 0.25) is 0 Å². The van der Waals surface area contributed by atoms with Crippen LogP contribution < -0.4 is 9.47 Å². The van der Waals surface area contributed by atoms with Gasteiger partial charge in [0.1, 0.15) is 11.5 Å². The minimum Gasteiger partial charge on any atom is -0.395 e. The first-order valence-corrected chi connectivity index (χ1v) is 8.16. The minimum absolute atomic E-state index is 0.0633. The highest BCUT2D eigenvalue weighted by atomic mass is 16.7. The van der Waals surface area contributed by atoms with Crippen molar-refractivity contribution in [3.63, 3.8) is 0 Å². The molecule has 0 bridgehead atoms. The van der Waals surface area contributed by atoms with Gasteiger partial charge >= 0.3 is 6.16 Å². The summed E-state index contributed by atoms with van der Waals surface area (Å²) in [5, 5.41) is 0. The maximum absolute atomic E-state index is 11.9. The van der Waals surface area contributed by atoms with Crippen molar-refractivity contribution in [1.29, 1.82) is 0 Å². The van der Waals surface area contributed by atoms with Crippen LogP contribution in [0.15, 0.2) is 48.5 Å². The van der Waals surface area contributed by atoms with Gasteiger partial charge in [-0.3, -0.25) is 0 Å². The second kappa shape index (κ2) is 6.68. The summed E-state index contributed by atoms with van der Waals surface area (Å²) in [6.45, 7) is 12.8. The fourth-order valence-electron chi connectivity index (χ4n) is 2.26. The molecule has 2 aromatic rings. The predicted octanol–water partition coefficient (Wildman–Crippen LogP) is 5.86. The lowest BCUT2D eigenvalue weighted by Crippen LogP contribution is -2.15. The molecule has 0 aliphatic rings. The Morgan fingerprint density at radius 2 is 0.917 bits per heavy atom. The lowest BCUT2D eigenvalue weighted by molar-refractivity contribution is 0.152. The third kappa shape index (κ3) is 4.85. The van der Waals surface area contributed by atoms with Crippen LogP contribution in [0.1, 0.15) is 52.7 Å². The fourth-order valence-corrected chi connectivity index (χ4v) is 2.26. The summed E-state index contributed by atoms with van der Waals surface area (Å²) in [4.78, 5) is 11.9. The van der Waals surface area contributed by atoms with Gasteiger partial charge in [-0.05, 0) is 46.2 Å². The molecule has 0 fully saturated rings. The zero-order valence-electron chi connectivity index (χ0n) is 15.3. The van der Waals surface area contributed by atoms with Crippen molar-refractivity contribution < 1.29 is 14.3 Å². The highest BCUT2D eigenvalue weighted by Crippen LogP contribution is 2.26. The Kier molecular flexibility index (Phi) is 5.02. The molecule has 2 rings (SSSR count). The van der Waals surface area contributed by atoms with Crippen molar-refractivity contribution >= 4 is 6.16 Å². The first-order chi connectivity index (χ1) is 11.1. The molecule has 0 amide bonds. The third-order valence-corrected chi connectivity index (χ3v) is 3.84. The van der Waals surface area contributed by atoms with Crippen LogP contribution in [0.2, 0.25) is 0 Å². The number of ether oxygens (including phenoxy) is 2. The van der Waals surface area contributed by atoms with E-state index >= 15 is 0 Å². The Morgan fingerprint density at radius 3 is 1.17 bits per heavy atom. The van der Waals surface area contributed by atoms with E-state index in [0.29, 0.717) is 11.5 Å². The number of benzene rings is 2. The van der Waals surface area contributed by atoms with Crippen LogP contribution >= 0.6 is 0 Å². The van der Waals surface area contributed by atoms with Crippen LogP contribution in [0, 0.1) is 0 Å². The fraction of sp³-hybridized carbons (Fsp3) is 0.381. The number of hydrogen-bond donors (Lipinski definition) is 0.